The molecule has 1 fully saturated rings. The summed E-state index contributed by atoms with van der Waals surface area (Å²) in [6, 6.07) is 10.1. The maximum Gasteiger partial charge on any atom is 0.255 e. The molecule has 0 saturated carbocycles. The van der Waals surface area contributed by atoms with Gasteiger partial charge in [-0.25, -0.2) is 4.98 Å². The van der Waals surface area contributed by atoms with Crippen molar-refractivity contribution in [1.82, 2.24) is 4.98 Å². The minimum Gasteiger partial charge on any atom is -0.473 e. The highest BCUT2D eigenvalue weighted by Gasteiger charge is 2.18. The highest BCUT2D eigenvalue weighted by Crippen LogP contribution is 2.22. The van der Waals surface area contributed by atoms with Crippen LogP contribution in [0.4, 0.5) is 5.69 Å². The molecular weight excluding hydrogens is 324 g/mol. The van der Waals surface area contributed by atoms with Crippen LogP contribution in [0.15, 0.2) is 42.6 Å². The smallest absolute Gasteiger partial charge is 0.255 e. The number of carbonyl (C=O) groups is 2. The Labute approximate surface area is 144 Å². The standard InChI is InChI=1S/C18H18N2O3S/c1-12(21)13-2-4-15(5-3-13)20-18(22)14-6-8-19-17(10-14)23-16-7-9-24-11-16/h2-6,8,10,16H,7,9,11H2,1H3,(H,20,22). The molecule has 1 amide bonds. The van der Waals surface area contributed by atoms with Gasteiger partial charge in [0.05, 0.1) is 0 Å². The molecule has 1 atom stereocenters. The number of ketones is 1. The van der Waals surface area contributed by atoms with Gasteiger partial charge >= 0.3 is 0 Å². The number of hydrogen-bond donors (Lipinski definition) is 1. The molecule has 124 valence electrons. The van der Waals surface area contributed by atoms with Gasteiger partial charge in [0.1, 0.15) is 6.10 Å². The lowest BCUT2D eigenvalue weighted by Gasteiger charge is -2.12. The molecule has 1 N–H and O–H groups in total. The number of pyridine rings is 1. The average molecular weight is 342 g/mol. The van der Waals surface area contributed by atoms with Gasteiger partial charge in [-0.1, -0.05) is 0 Å². The Morgan fingerprint density at radius 1 is 1.21 bits per heavy atom. The molecule has 2 heterocycles. The molecule has 5 nitrogen and oxygen atoms in total. The number of nitrogens with one attached hydrogen (secondary N) is 1. The number of aromatic nitrogens is 1. The first-order chi connectivity index (χ1) is 11.6. The van der Waals surface area contributed by atoms with E-state index in [1.54, 1.807) is 42.6 Å². The van der Waals surface area contributed by atoms with Crippen LogP contribution in [0.25, 0.3) is 0 Å². The van der Waals surface area contributed by atoms with E-state index < -0.39 is 0 Å². The molecule has 6 heteroatoms. The summed E-state index contributed by atoms with van der Waals surface area (Å²) in [4.78, 5) is 27.8. The van der Waals surface area contributed by atoms with Crippen LogP contribution in [-0.2, 0) is 0 Å². The molecule has 3 rings (SSSR count). The maximum absolute atomic E-state index is 12.4. The highest BCUT2D eigenvalue weighted by atomic mass is 32.2. The molecule has 2 aromatic rings. The topological polar surface area (TPSA) is 68.3 Å². The summed E-state index contributed by atoms with van der Waals surface area (Å²) in [6.45, 7) is 1.51. The normalized spacial score (nSPS) is 16.6. The van der Waals surface area contributed by atoms with E-state index in [1.807, 2.05) is 11.8 Å². The molecular formula is C18H18N2O3S. The number of thioether (sulfide) groups is 1. The highest BCUT2D eigenvalue weighted by molar-refractivity contribution is 7.99. The van der Waals surface area contributed by atoms with E-state index in [9.17, 15) is 9.59 Å². The number of Topliss-reactive ketones (excluding diaryl/α,β-unsaturated/α-hetero) is 1. The van der Waals surface area contributed by atoms with E-state index in [1.165, 1.54) is 6.92 Å². The Hall–Kier alpha value is -2.34. The second kappa shape index (κ2) is 7.49. The third kappa shape index (κ3) is 4.14. The lowest BCUT2D eigenvalue weighted by molar-refractivity contribution is 0.101. The molecule has 1 unspecified atom stereocenters. The van der Waals surface area contributed by atoms with Crippen molar-refractivity contribution < 1.29 is 14.3 Å². The van der Waals surface area contributed by atoms with Gasteiger partial charge in [0.25, 0.3) is 5.91 Å². The van der Waals surface area contributed by atoms with Crippen LogP contribution in [0.3, 0.4) is 0 Å². The maximum atomic E-state index is 12.4. The van der Waals surface area contributed by atoms with Crippen LogP contribution in [-0.4, -0.2) is 34.3 Å². The number of nitrogens with zero attached hydrogens (tertiary/aromatic N) is 1. The summed E-state index contributed by atoms with van der Waals surface area (Å²) in [5.74, 6) is 2.29. The van der Waals surface area contributed by atoms with Crippen LogP contribution in [0.1, 0.15) is 34.1 Å². The molecule has 0 bridgehead atoms. The van der Waals surface area contributed by atoms with Crippen molar-refractivity contribution in [2.75, 3.05) is 16.8 Å². The Morgan fingerprint density at radius 3 is 2.67 bits per heavy atom. The molecule has 1 saturated heterocycles. The molecule has 0 aliphatic carbocycles. The molecule has 1 aromatic heterocycles. The van der Waals surface area contributed by atoms with Crippen LogP contribution in [0.5, 0.6) is 5.88 Å². The monoisotopic (exact) mass is 342 g/mol. The zero-order valence-corrected chi connectivity index (χ0v) is 14.1. The lowest BCUT2D eigenvalue weighted by Crippen LogP contribution is -2.17. The number of carbonyl (C=O) groups excluding carboxylic acids is 2. The second-order valence-corrected chi connectivity index (χ2v) is 6.72. The third-order valence-electron chi connectivity index (χ3n) is 3.72. The quantitative estimate of drug-likeness (QED) is 0.843. The largest absolute Gasteiger partial charge is 0.473 e. The van der Waals surface area contributed by atoms with E-state index in [0.29, 0.717) is 22.7 Å². The number of hydrogen-bond acceptors (Lipinski definition) is 5. The van der Waals surface area contributed by atoms with Gasteiger partial charge in [-0.2, -0.15) is 11.8 Å². The Kier molecular flexibility index (Phi) is 5.15. The second-order valence-electron chi connectivity index (χ2n) is 5.57. The number of ether oxygens (including phenoxy) is 1. The predicted octanol–water partition coefficient (Wildman–Crippen LogP) is 3.42. The van der Waals surface area contributed by atoms with Crippen molar-refractivity contribution in [2.45, 2.75) is 19.4 Å². The van der Waals surface area contributed by atoms with Gasteiger partial charge in [0.2, 0.25) is 5.88 Å². The SMILES string of the molecule is CC(=O)c1ccc(NC(=O)c2ccnc(OC3CCSC3)c2)cc1. The summed E-state index contributed by atoms with van der Waals surface area (Å²) < 4.78 is 5.81. The van der Waals surface area contributed by atoms with E-state index >= 15 is 0 Å². The molecule has 0 radical (unpaired) electrons. The van der Waals surface area contributed by atoms with Crippen molar-refractivity contribution in [3.63, 3.8) is 0 Å². The minimum atomic E-state index is -0.237. The lowest BCUT2D eigenvalue weighted by atomic mass is 10.1. The minimum absolute atomic E-state index is 0.00567. The average Bonchev–Trinajstić information content (AvgIpc) is 3.08. The van der Waals surface area contributed by atoms with Gasteiger partial charge in [0, 0.05) is 34.8 Å². The van der Waals surface area contributed by atoms with Crippen molar-refractivity contribution in [3.8, 4) is 5.88 Å². The van der Waals surface area contributed by atoms with E-state index in [2.05, 4.69) is 10.3 Å². The fourth-order valence-electron chi connectivity index (χ4n) is 2.38. The van der Waals surface area contributed by atoms with Crippen molar-refractivity contribution >= 4 is 29.1 Å². The summed E-state index contributed by atoms with van der Waals surface area (Å²) in [7, 11) is 0. The molecule has 1 aliphatic rings. The predicted molar refractivity (Wildman–Crippen MR) is 95.0 cm³/mol. The summed E-state index contributed by atoms with van der Waals surface area (Å²) in [5.41, 5.74) is 1.74. The van der Waals surface area contributed by atoms with Gasteiger partial charge in [-0.3, -0.25) is 9.59 Å². The van der Waals surface area contributed by atoms with Crippen LogP contribution in [0.2, 0.25) is 0 Å². The fourth-order valence-corrected chi connectivity index (χ4v) is 3.48. The Morgan fingerprint density at radius 2 is 2.00 bits per heavy atom. The fraction of sp³-hybridized carbons (Fsp3) is 0.278. The van der Waals surface area contributed by atoms with E-state index in [-0.39, 0.29) is 17.8 Å². The van der Waals surface area contributed by atoms with Gasteiger partial charge in [-0.05, 0) is 49.4 Å². The molecule has 1 aliphatic heterocycles. The van der Waals surface area contributed by atoms with Crippen LogP contribution in [0, 0.1) is 0 Å². The third-order valence-corrected chi connectivity index (χ3v) is 4.85. The van der Waals surface area contributed by atoms with E-state index in [4.69, 9.17) is 4.74 Å². The van der Waals surface area contributed by atoms with Gasteiger partial charge < -0.3 is 10.1 Å². The van der Waals surface area contributed by atoms with Gasteiger partial charge in [-0.15, -0.1) is 0 Å². The van der Waals surface area contributed by atoms with Crippen LogP contribution < -0.4 is 10.1 Å². The number of rotatable bonds is 5. The van der Waals surface area contributed by atoms with Crippen molar-refractivity contribution in [1.29, 1.82) is 0 Å². The van der Waals surface area contributed by atoms with E-state index in [0.717, 1.165) is 17.9 Å². The molecule has 24 heavy (non-hydrogen) atoms. The van der Waals surface area contributed by atoms with Crippen molar-refractivity contribution in [2.24, 2.45) is 0 Å². The van der Waals surface area contributed by atoms with Gasteiger partial charge in [0.15, 0.2) is 5.78 Å². The number of benzene rings is 1. The number of anilines is 1. The summed E-state index contributed by atoms with van der Waals surface area (Å²) in [6.07, 6.45) is 2.75. The summed E-state index contributed by atoms with van der Waals surface area (Å²) in [5, 5.41) is 2.81. The molecule has 1 aromatic carbocycles. The zero-order chi connectivity index (χ0) is 16.9. The zero-order valence-electron chi connectivity index (χ0n) is 13.3. The first-order valence-corrected chi connectivity index (χ1v) is 8.90. The summed E-state index contributed by atoms with van der Waals surface area (Å²) >= 11 is 1.86. The first-order valence-electron chi connectivity index (χ1n) is 7.74. The Bertz CT molecular complexity index is 740. The molecule has 0 spiro atoms. The van der Waals surface area contributed by atoms with Crippen LogP contribution >= 0.6 is 11.8 Å². The number of amides is 1. The Balaban J connectivity index is 1.66. The van der Waals surface area contributed by atoms with Crippen molar-refractivity contribution in [3.05, 3.63) is 53.7 Å². The first kappa shape index (κ1) is 16.5.